The van der Waals surface area contributed by atoms with Crippen LogP contribution in [-0.2, 0) is 0 Å². The summed E-state index contributed by atoms with van der Waals surface area (Å²) >= 11 is 3.97. The summed E-state index contributed by atoms with van der Waals surface area (Å²) in [7, 11) is 0. The van der Waals surface area contributed by atoms with E-state index in [1.807, 2.05) is 0 Å². The minimum Gasteiger partial charge on any atom is -0.0836 e. The summed E-state index contributed by atoms with van der Waals surface area (Å²) in [5.74, 6) is 0.726. The number of alkyl halides is 1. The van der Waals surface area contributed by atoms with Gasteiger partial charge in [0.25, 0.3) is 0 Å². The molecule has 0 spiro atoms. The smallest absolute Gasteiger partial charge is 0.0428 e. The van der Waals surface area contributed by atoms with Gasteiger partial charge in [-0.05, 0) is 73.9 Å². The fourth-order valence-corrected chi connectivity index (χ4v) is 4.32. The van der Waals surface area contributed by atoms with Crippen molar-refractivity contribution in [3.05, 3.63) is 33.4 Å². The fourth-order valence-electron chi connectivity index (χ4n) is 2.88. The lowest BCUT2D eigenvalue weighted by Crippen LogP contribution is -2.11. The summed E-state index contributed by atoms with van der Waals surface area (Å²) in [6, 6.07) is 0. The van der Waals surface area contributed by atoms with E-state index in [2.05, 4.69) is 64.4 Å². The van der Waals surface area contributed by atoms with E-state index in [0.717, 1.165) is 5.92 Å². The zero-order chi connectivity index (χ0) is 14.0. The normalized spacial score (nSPS) is 13.2. The Morgan fingerprint density at radius 2 is 1.06 bits per heavy atom. The summed E-state index contributed by atoms with van der Waals surface area (Å²) in [6.07, 6.45) is 2.47. The quantitative estimate of drug-likeness (QED) is 0.589. The average Bonchev–Trinajstić information content (AvgIpc) is 2.36. The molecule has 0 heterocycles. The van der Waals surface area contributed by atoms with Crippen molar-refractivity contribution in [1.29, 1.82) is 0 Å². The summed E-state index contributed by atoms with van der Waals surface area (Å²) in [4.78, 5) is 0.491. The molecule has 0 fully saturated rings. The van der Waals surface area contributed by atoms with Gasteiger partial charge in [-0.15, -0.1) is 0 Å². The number of halogens is 1. The highest BCUT2D eigenvalue weighted by Gasteiger charge is 2.23. The lowest BCUT2D eigenvalue weighted by molar-refractivity contribution is 0.484. The van der Waals surface area contributed by atoms with Gasteiger partial charge in [0.05, 0.1) is 0 Å². The average molecular weight is 311 g/mol. The highest BCUT2D eigenvalue weighted by atomic mass is 79.9. The number of hydrogen-bond acceptors (Lipinski definition) is 0. The standard InChI is InChI=1S/C17H27Br/c1-8-15(9-2)17(18)16-13(6)11(4)10(3)12(5)14(16)7/h15,17H,8-9H2,1-7H3. The first-order valence-corrected chi connectivity index (χ1v) is 7.99. The van der Waals surface area contributed by atoms with Gasteiger partial charge in [-0.2, -0.15) is 0 Å². The molecule has 1 unspecified atom stereocenters. The van der Waals surface area contributed by atoms with Gasteiger partial charge in [-0.25, -0.2) is 0 Å². The Morgan fingerprint density at radius 1 is 0.722 bits per heavy atom. The summed E-state index contributed by atoms with van der Waals surface area (Å²) in [5.41, 5.74) is 8.86. The SMILES string of the molecule is CCC(CC)C(Br)c1c(C)c(C)c(C)c(C)c1C. The van der Waals surface area contributed by atoms with E-state index in [4.69, 9.17) is 0 Å². The van der Waals surface area contributed by atoms with Crippen LogP contribution in [0.1, 0.15) is 64.9 Å². The van der Waals surface area contributed by atoms with Crippen LogP contribution >= 0.6 is 15.9 Å². The Bertz CT molecular complexity index is 399. The van der Waals surface area contributed by atoms with Crippen molar-refractivity contribution in [2.24, 2.45) is 5.92 Å². The molecule has 0 saturated carbocycles. The third-order valence-electron chi connectivity index (χ3n) is 4.80. The number of hydrogen-bond donors (Lipinski definition) is 0. The second-order valence-corrected chi connectivity index (χ2v) is 6.50. The molecule has 1 aromatic carbocycles. The third kappa shape index (κ3) is 2.66. The molecule has 1 rings (SSSR count). The van der Waals surface area contributed by atoms with E-state index >= 15 is 0 Å². The maximum atomic E-state index is 3.97. The highest BCUT2D eigenvalue weighted by molar-refractivity contribution is 9.09. The predicted octanol–water partition coefficient (Wildman–Crippen LogP) is 6.10. The van der Waals surface area contributed by atoms with Crippen molar-refractivity contribution < 1.29 is 0 Å². The molecule has 1 atom stereocenters. The zero-order valence-electron chi connectivity index (χ0n) is 12.9. The van der Waals surface area contributed by atoms with Crippen LogP contribution in [0.25, 0.3) is 0 Å². The fraction of sp³-hybridized carbons (Fsp3) is 0.647. The van der Waals surface area contributed by atoms with Gasteiger partial charge >= 0.3 is 0 Å². The number of benzene rings is 1. The van der Waals surface area contributed by atoms with Gasteiger partial charge < -0.3 is 0 Å². The van der Waals surface area contributed by atoms with Crippen LogP contribution in [0.4, 0.5) is 0 Å². The first-order chi connectivity index (χ1) is 8.36. The molecule has 18 heavy (non-hydrogen) atoms. The summed E-state index contributed by atoms with van der Waals surface area (Å²) < 4.78 is 0. The molecule has 1 aromatic rings. The van der Waals surface area contributed by atoms with Gasteiger partial charge in [-0.3, -0.25) is 0 Å². The van der Waals surface area contributed by atoms with Gasteiger partial charge in [0.1, 0.15) is 0 Å². The Kier molecular flexibility index (Phi) is 5.46. The van der Waals surface area contributed by atoms with Gasteiger partial charge in [0, 0.05) is 4.83 Å². The van der Waals surface area contributed by atoms with Crippen LogP contribution in [0.15, 0.2) is 0 Å². The second-order valence-electron chi connectivity index (χ2n) is 5.52. The van der Waals surface area contributed by atoms with Crippen LogP contribution in [0.5, 0.6) is 0 Å². The minimum atomic E-state index is 0.491. The van der Waals surface area contributed by atoms with Crippen molar-refractivity contribution in [3.8, 4) is 0 Å². The van der Waals surface area contributed by atoms with Gasteiger partial charge in [-0.1, -0.05) is 42.6 Å². The Balaban J connectivity index is 3.41. The minimum absolute atomic E-state index is 0.491. The Morgan fingerprint density at radius 3 is 1.39 bits per heavy atom. The van der Waals surface area contributed by atoms with E-state index in [0.29, 0.717) is 4.83 Å². The third-order valence-corrected chi connectivity index (χ3v) is 6.00. The largest absolute Gasteiger partial charge is 0.0836 e. The lowest BCUT2D eigenvalue weighted by atomic mass is 9.84. The molecule has 0 aliphatic heterocycles. The molecule has 0 N–H and O–H groups in total. The topological polar surface area (TPSA) is 0 Å². The zero-order valence-corrected chi connectivity index (χ0v) is 14.5. The van der Waals surface area contributed by atoms with Crippen LogP contribution < -0.4 is 0 Å². The maximum Gasteiger partial charge on any atom is 0.0428 e. The molecule has 0 aliphatic rings. The first-order valence-electron chi connectivity index (χ1n) is 7.07. The first kappa shape index (κ1) is 15.8. The van der Waals surface area contributed by atoms with Gasteiger partial charge in [0.15, 0.2) is 0 Å². The van der Waals surface area contributed by atoms with Crippen molar-refractivity contribution in [2.45, 2.75) is 66.1 Å². The number of rotatable bonds is 4. The predicted molar refractivity (Wildman–Crippen MR) is 85.9 cm³/mol. The summed E-state index contributed by atoms with van der Waals surface area (Å²) in [6.45, 7) is 15.9. The Labute approximate surface area is 121 Å². The molecule has 0 amide bonds. The monoisotopic (exact) mass is 310 g/mol. The van der Waals surface area contributed by atoms with Crippen LogP contribution in [-0.4, -0.2) is 0 Å². The molecule has 102 valence electrons. The molecule has 0 aromatic heterocycles. The molecular weight excluding hydrogens is 284 g/mol. The molecule has 0 aliphatic carbocycles. The van der Waals surface area contributed by atoms with Crippen molar-refractivity contribution >= 4 is 15.9 Å². The van der Waals surface area contributed by atoms with Crippen molar-refractivity contribution in [1.82, 2.24) is 0 Å². The molecule has 0 radical (unpaired) electrons. The van der Waals surface area contributed by atoms with Crippen LogP contribution in [0.3, 0.4) is 0 Å². The maximum absolute atomic E-state index is 3.97. The molecule has 0 bridgehead atoms. The Hall–Kier alpha value is -0.300. The van der Waals surface area contributed by atoms with E-state index in [9.17, 15) is 0 Å². The highest BCUT2D eigenvalue weighted by Crippen LogP contribution is 2.41. The van der Waals surface area contributed by atoms with E-state index in [-0.39, 0.29) is 0 Å². The second kappa shape index (κ2) is 6.23. The van der Waals surface area contributed by atoms with E-state index < -0.39 is 0 Å². The molecule has 1 heteroatoms. The van der Waals surface area contributed by atoms with Gasteiger partial charge in [0.2, 0.25) is 0 Å². The van der Waals surface area contributed by atoms with Crippen LogP contribution in [0, 0.1) is 40.5 Å². The van der Waals surface area contributed by atoms with E-state index in [1.165, 1.54) is 46.2 Å². The molecule has 0 nitrogen and oxygen atoms in total. The summed E-state index contributed by atoms with van der Waals surface area (Å²) in [5, 5.41) is 0. The lowest BCUT2D eigenvalue weighted by Gasteiger charge is -2.27. The van der Waals surface area contributed by atoms with Crippen LogP contribution in [0.2, 0.25) is 0 Å². The van der Waals surface area contributed by atoms with Crippen molar-refractivity contribution in [2.75, 3.05) is 0 Å². The van der Waals surface area contributed by atoms with E-state index in [1.54, 1.807) is 0 Å². The molecular formula is C17H27Br. The molecule has 0 saturated heterocycles. The van der Waals surface area contributed by atoms with Crippen molar-refractivity contribution in [3.63, 3.8) is 0 Å².